The minimum atomic E-state index is -3.66. The van der Waals surface area contributed by atoms with Crippen molar-refractivity contribution >= 4 is 9.84 Å². The molecule has 0 aliphatic rings. The minimum absolute atomic E-state index is 0.0289. The number of benzene rings is 1. The van der Waals surface area contributed by atoms with Gasteiger partial charge in [0.1, 0.15) is 11.6 Å². The van der Waals surface area contributed by atoms with Gasteiger partial charge in [-0.3, -0.25) is 0 Å². The summed E-state index contributed by atoms with van der Waals surface area (Å²) in [5.74, 6) is -0.580. The van der Waals surface area contributed by atoms with Gasteiger partial charge in [0.05, 0.1) is 19.1 Å². The molecule has 0 atom stereocenters. The fourth-order valence-electron chi connectivity index (χ4n) is 1.70. The van der Waals surface area contributed by atoms with Gasteiger partial charge in [0, 0.05) is 12.6 Å². The van der Waals surface area contributed by atoms with Crippen LogP contribution in [0.25, 0.3) is 0 Å². The van der Waals surface area contributed by atoms with Crippen molar-refractivity contribution in [3.8, 4) is 5.75 Å². The summed E-state index contributed by atoms with van der Waals surface area (Å²) in [5, 5.41) is 7.06. The molecule has 0 unspecified atom stereocenters. The van der Waals surface area contributed by atoms with Gasteiger partial charge >= 0.3 is 0 Å². The molecule has 102 valence electrons. The highest BCUT2D eigenvalue weighted by Crippen LogP contribution is 2.24. The van der Waals surface area contributed by atoms with Crippen molar-refractivity contribution < 1.29 is 17.5 Å². The van der Waals surface area contributed by atoms with E-state index in [1.165, 1.54) is 26.3 Å². The van der Waals surface area contributed by atoms with E-state index in [1.54, 1.807) is 0 Å². The molecule has 6 nitrogen and oxygen atoms in total. The number of sulfone groups is 1. The summed E-state index contributed by atoms with van der Waals surface area (Å²) in [6, 6.07) is 3.74. The largest absolute Gasteiger partial charge is 0.496 e. The molecule has 0 fully saturated rings. The van der Waals surface area contributed by atoms with E-state index in [0.29, 0.717) is 5.75 Å². The van der Waals surface area contributed by atoms with E-state index >= 15 is 0 Å². The molecule has 0 bridgehead atoms. The van der Waals surface area contributed by atoms with Gasteiger partial charge in [-0.2, -0.15) is 0 Å². The van der Waals surface area contributed by atoms with Crippen LogP contribution in [0.2, 0.25) is 0 Å². The number of hydrogen-bond acceptors (Lipinski definition) is 5. The number of rotatable bonds is 4. The summed E-state index contributed by atoms with van der Waals surface area (Å²) < 4.78 is 43.7. The molecule has 0 N–H and O–H groups in total. The van der Waals surface area contributed by atoms with Gasteiger partial charge in [0.25, 0.3) is 0 Å². The molecular formula is C11H12FN3O3S. The number of nitrogens with zero attached hydrogens (tertiary/aromatic N) is 3. The fraction of sp³-hybridized carbons (Fsp3) is 0.273. The van der Waals surface area contributed by atoms with Crippen molar-refractivity contribution in [2.24, 2.45) is 7.05 Å². The smallest absolute Gasteiger partial charge is 0.201 e. The highest BCUT2D eigenvalue weighted by Gasteiger charge is 2.22. The zero-order chi connectivity index (χ0) is 14.0. The Morgan fingerprint density at radius 1 is 1.42 bits per heavy atom. The number of ether oxygens (including phenoxy) is 1. The number of methoxy groups -OCH3 is 1. The van der Waals surface area contributed by atoms with Crippen molar-refractivity contribution in [2.45, 2.75) is 10.8 Å². The molecule has 1 heterocycles. The van der Waals surface area contributed by atoms with Crippen molar-refractivity contribution in [3.05, 3.63) is 35.8 Å². The Bertz CT molecular complexity index is 697. The average Bonchev–Trinajstić information content (AvgIpc) is 2.76. The van der Waals surface area contributed by atoms with Gasteiger partial charge < -0.3 is 4.74 Å². The first-order chi connectivity index (χ1) is 8.94. The third-order valence-electron chi connectivity index (χ3n) is 2.58. The molecule has 2 aromatic rings. The molecule has 1 aromatic heterocycles. The molecule has 0 aliphatic heterocycles. The predicted molar refractivity (Wildman–Crippen MR) is 64.8 cm³/mol. The fourth-order valence-corrected chi connectivity index (χ4v) is 3.13. The topological polar surface area (TPSA) is 74.1 Å². The third kappa shape index (κ3) is 2.73. The van der Waals surface area contributed by atoms with Gasteiger partial charge in [0.15, 0.2) is 5.03 Å². The lowest BCUT2D eigenvalue weighted by Crippen LogP contribution is -2.11. The van der Waals surface area contributed by atoms with Crippen molar-refractivity contribution in [3.63, 3.8) is 0 Å². The summed E-state index contributed by atoms with van der Waals surface area (Å²) in [5.41, 5.74) is 0.253. The van der Waals surface area contributed by atoms with Crippen LogP contribution in [0.1, 0.15) is 5.56 Å². The van der Waals surface area contributed by atoms with Gasteiger partial charge in [-0.1, -0.05) is 5.21 Å². The molecule has 0 amide bonds. The van der Waals surface area contributed by atoms with E-state index in [9.17, 15) is 12.8 Å². The monoisotopic (exact) mass is 285 g/mol. The summed E-state index contributed by atoms with van der Waals surface area (Å²) in [4.78, 5) is 0. The Labute approximate surface area is 109 Å². The van der Waals surface area contributed by atoms with E-state index in [4.69, 9.17) is 4.74 Å². The van der Waals surface area contributed by atoms with Crippen LogP contribution in [0.15, 0.2) is 29.4 Å². The molecular weight excluding hydrogens is 273 g/mol. The van der Waals surface area contributed by atoms with Crippen molar-refractivity contribution in [2.75, 3.05) is 7.11 Å². The first-order valence-corrected chi connectivity index (χ1v) is 6.99. The van der Waals surface area contributed by atoms with E-state index in [0.717, 1.165) is 16.9 Å². The number of halogens is 1. The van der Waals surface area contributed by atoms with Crippen molar-refractivity contribution in [1.82, 2.24) is 15.0 Å². The van der Waals surface area contributed by atoms with Crippen LogP contribution in [0, 0.1) is 5.82 Å². The van der Waals surface area contributed by atoms with Crippen molar-refractivity contribution in [1.29, 1.82) is 0 Å². The maximum atomic E-state index is 13.2. The Morgan fingerprint density at radius 3 is 2.74 bits per heavy atom. The molecule has 0 saturated carbocycles. The molecule has 8 heteroatoms. The number of aromatic nitrogens is 3. The first kappa shape index (κ1) is 13.5. The lowest BCUT2D eigenvalue weighted by molar-refractivity contribution is 0.409. The molecule has 19 heavy (non-hydrogen) atoms. The minimum Gasteiger partial charge on any atom is -0.496 e. The quantitative estimate of drug-likeness (QED) is 0.835. The van der Waals surface area contributed by atoms with Crippen LogP contribution in [0.5, 0.6) is 5.75 Å². The molecule has 0 saturated heterocycles. The summed E-state index contributed by atoms with van der Waals surface area (Å²) >= 11 is 0. The van der Waals surface area contributed by atoms with E-state index in [1.807, 2.05) is 0 Å². The maximum Gasteiger partial charge on any atom is 0.201 e. The van der Waals surface area contributed by atoms with Gasteiger partial charge in [0.2, 0.25) is 9.84 Å². The Balaban J connectivity index is 2.41. The van der Waals surface area contributed by atoms with Crippen LogP contribution < -0.4 is 4.74 Å². The lowest BCUT2D eigenvalue weighted by Gasteiger charge is -2.09. The Morgan fingerprint density at radius 2 is 2.16 bits per heavy atom. The standard InChI is InChI=1S/C11H12FN3O3S/c1-15-11(6-13-14-15)19(16,17)7-8-5-9(12)3-4-10(8)18-2/h3-6H,7H2,1-2H3. The van der Waals surface area contributed by atoms with Gasteiger partial charge in [-0.25, -0.2) is 17.5 Å². The van der Waals surface area contributed by atoms with Gasteiger partial charge in [-0.05, 0) is 18.2 Å². The zero-order valence-electron chi connectivity index (χ0n) is 10.4. The predicted octanol–water partition coefficient (Wildman–Crippen LogP) is 0.937. The van der Waals surface area contributed by atoms with Crippen LogP contribution in [0.3, 0.4) is 0 Å². The second-order valence-corrected chi connectivity index (χ2v) is 5.85. The Hall–Kier alpha value is -1.96. The summed E-state index contributed by atoms with van der Waals surface area (Å²) in [7, 11) is -0.786. The Kier molecular flexibility index (Phi) is 3.52. The number of hydrogen-bond donors (Lipinski definition) is 0. The molecule has 2 rings (SSSR count). The van der Waals surface area contributed by atoms with E-state index in [2.05, 4.69) is 10.3 Å². The summed E-state index contributed by atoms with van der Waals surface area (Å²) in [6.07, 6.45) is 1.15. The molecule has 1 aromatic carbocycles. The van der Waals surface area contributed by atoms with Crippen LogP contribution in [-0.4, -0.2) is 30.5 Å². The third-order valence-corrected chi connectivity index (χ3v) is 4.28. The SMILES string of the molecule is COc1ccc(F)cc1CS(=O)(=O)c1cnnn1C. The van der Waals surface area contributed by atoms with Crippen LogP contribution in [0.4, 0.5) is 4.39 Å². The molecule has 0 aliphatic carbocycles. The first-order valence-electron chi connectivity index (χ1n) is 5.34. The normalized spacial score (nSPS) is 11.5. The van der Waals surface area contributed by atoms with E-state index in [-0.39, 0.29) is 16.3 Å². The van der Waals surface area contributed by atoms with E-state index < -0.39 is 15.7 Å². The summed E-state index contributed by atoms with van der Waals surface area (Å²) in [6.45, 7) is 0. The molecule has 0 radical (unpaired) electrons. The second kappa shape index (κ2) is 4.96. The highest BCUT2D eigenvalue weighted by molar-refractivity contribution is 7.90. The average molecular weight is 285 g/mol. The van der Waals surface area contributed by atoms with Gasteiger partial charge in [-0.15, -0.1) is 5.10 Å². The molecule has 0 spiro atoms. The van der Waals surface area contributed by atoms with Crippen LogP contribution in [-0.2, 0) is 22.6 Å². The van der Waals surface area contributed by atoms with Crippen LogP contribution >= 0.6 is 0 Å². The highest BCUT2D eigenvalue weighted by atomic mass is 32.2. The zero-order valence-corrected chi connectivity index (χ0v) is 11.2. The lowest BCUT2D eigenvalue weighted by atomic mass is 10.2. The number of aryl methyl sites for hydroxylation is 1. The second-order valence-electron chi connectivity index (χ2n) is 3.91. The maximum absolute atomic E-state index is 13.2.